The third-order valence-corrected chi connectivity index (χ3v) is 5.27. The lowest BCUT2D eigenvalue weighted by atomic mass is 10.0. The Bertz CT molecular complexity index is 657. The van der Waals surface area contributed by atoms with Crippen molar-refractivity contribution in [2.24, 2.45) is 0 Å². The predicted octanol–water partition coefficient (Wildman–Crippen LogP) is 3.26. The van der Waals surface area contributed by atoms with E-state index in [9.17, 15) is 4.79 Å². The van der Waals surface area contributed by atoms with Crippen molar-refractivity contribution >= 4 is 25.8 Å². The summed E-state index contributed by atoms with van der Waals surface area (Å²) < 4.78 is 5.44. The van der Waals surface area contributed by atoms with E-state index in [1.54, 1.807) is 13.2 Å². The van der Waals surface area contributed by atoms with Gasteiger partial charge in [0.2, 0.25) is 0 Å². The van der Waals surface area contributed by atoms with Crippen LogP contribution in [0.15, 0.2) is 49.0 Å². The van der Waals surface area contributed by atoms with Crippen molar-refractivity contribution in [1.82, 2.24) is 0 Å². The van der Waals surface area contributed by atoms with Crippen molar-refractivity contribution in [2.45, 2.75) is 13.1 Å². The molecule has 2 nitrogen and oxygen atoms in total. The van der Waals surface area contributed by atoms with Crippen LogP contribution in [0.25, 0.3) is 6.08 Å². The van der Waals surface area contributed by atoms with Gasteiger partial charge in [0, 0.05) is 11.1 Å². The lowest BCUT2D eigenvalue weighted by molar-refractivity contribution is 0.103. The summed E-state index contributed by atoms with van der Waals surface area (Å²) in [5.41, 5.74) is 2.47. The first-order valence-electron chi connectivity index (χ1n) is 7.02. The number of carbonyl (C=O) groups is 1. The van der Waals surface area contributed by atoms with Crippen molar-refractivity contribution in [1.29, 1.82) is 0 Å². The van der Waals surface area contributed by atoms with Crippen LogP contribution in [0.5, 0.6) is 5.75 Å². The number of benzene rings is 2. The summed E-state index contributed by atoms with van der Waals surface area (Å²) in [4.78, 5) is 12.8. The quantitative estimate of drug-likeness (QED) is 0.625. The molecule has 0 aliphatic carbocycles. The zero-order chi connectivity index (χ0) is 15.4. The van der Waals surface area contributed by atoms with Crippen LogP contribution in [0.4, 0.5) is 0 Å². The maximum Gasteiger partial charge on any atom is 0.193 e. The predicted molar refractivity (Wildman–Crippen MR) is 91.5 cm³/mol. The first-order chi connectivity index (χ1) is 10.1. The summed E-state index contributed by atoms with van der Waals surface area (Å²) in [6.45, 7) is 8.14. The summed E-state index contributed by atoms with van der Waals surface area (Å²) in [7, 11) is 0.473. The third kappa shape index (κ3) is 3.14. The zero-order valence-electron chi connectivity index (χ0n) is 12.7. The Kier molecular flexibility index (Phi) is 4.76. The lowest BCUT2D eigenvalue weighted by Crippen LogP contribution is -2.31. The van der Waals surface area contributed by atoms with Gasteiger partial charge < -0.3 is 4.74 Å². The van der Waals surface area contributed by atoms with Crippen molar-refractivity contribution in [3.8, 4) is 5.75 Å². The summed E-state index contributed by atoms with van der Waals surface area (Å²) in [5.74, 6) is 0.881. The molecule has 2 aromatic carbocycles. The first-order valence-corrected chi connectivity index (χ1v) is 9.91. The highest BCUT2D eigenvalue weighted by molar-refractivity contribution is 6.73. The monoisotopic (exact) mass is 296 g/mol. The Balaban J connectivity index is 2.49. The van der Waals surface area contributed by atoms with Crippen LogP contribution >= 0.6 is 0 Å². The summed E-state index contributed by atoms with van der Waals surface area (Å²) in [6.07, 6.45) is 1.77. The fourth-order valence-electron chi connectivity index (χ4n) is 2.44. The number of rotatable bonds is 5. The molecule has 0 bridgehead atoms. The second kappa shape index (κ2) is 6.55. The summed E-state index contributed by atoms with van der Waals surface area (Å²) >= 11 is 0. The second-order valence-corrected chi connectivity index (χ2v) is 8.12. The highest BCUT2D eigenvalue weighted by atomic mass is 28.3. The van der Waals surface area contributed by atoms with Gasteiger partial charge in [0.25, 0.3) is 0 Å². The minimum atomic E-state index is -1.18. The third-order valence-electron chi connectivity index (χ3n) is 3.52. The molecule has 0 saturated carbocycles. The number of hydrogen-bond donors (Lipinski definition) is 0. The zero-order valence-corrected chi connectivity index (χ0v) is 13.9. The summed E-state index contributed by atoms with van der Waals surface area (Å²) in [5, 5.41) is 1.10. The molecule has 2 aromatic rings. The van der Waals surface area contributed by atoms with Crippen LogP contribution < -0.4 is 9.92 Å². The van der Waals surface area contributed by atoms with Gasteiger partial charge in [0.15, 0.2) is 5.78 Å². The van der Waals surface area contributed by atoms with Crippen LogP contribution in [0.1, 0.15) is 21.5 Å². The normalized spacial score (nSPS) is 10.5. The van der Waals surface area contributed by atoms with Crippen molar-refractivity contribution < 1.29 is 9.53 Å². The molecule has 0 amide bonds. The molecule has 3 heteroatoms. The first kappa shape index (κ1) is 15.3. The fourth-order valence-corrected chi connectivity index (χ4v) is 4.07. The standard InChI is InChI=1S/C18H20O2Si/c1-5-13-9-11-14(12-10-13)17(19)15-7-6-8-16(20-2)18(15)21(3)4/h5-12,21H,1H2,2-4H3. The Hall–Kier alpha value is -2.13. The van der Waals surface area contributed by atoms with Gasteiger partial charge in [-0.1, -0.05) is 62.1 Å². The molecular weight excluding hydrogens is 276 g/mol. The Morgan fingerprint density at radius 3 is 2.33 bits per heavy atom. The van der Waals surface area contributed by atoms with Gasteiger partial charge in [-0.2, -0.15) is 0 Å². The van der Waals surface area contributed by atoms with Gasteiger partial charge in [-0.25, -0.2) is 0 Å². The van der Waals surface area contributed by atoms with Crippen LogP contribution in [0, 0.1) is 0 Å². The Morgan fingerprint density at radius 1 is 1.14 bits per heavy atom. The Morgan fingerprint density at radius 2 is 1.81 bits per heavy atom. The smallest absolute Gasteiger partial charge is 0.193 e. The highest BCUT2D eigenvalue weighted by Crippen LogP contribution is 2.16. The number of hydrogen-bond acceptors (Lipinski definition) is 2. The number of carbonyl (C=O) groups excluding carboxylic acids is 1. The molecule has 2 rings (SSSR count). The molecule has 0 fully saturated rings. The molecule has 0 aliphatic rings. The second-order valence-electron chi connectivity index (χ2n) is 5.23. The van der Waals surface area contributed by atoms with E-state index < -0.39 is 8.80 Å². The van der Waals surface area contributed by atoms with Crippen LogP contribution in [-0.2, 0) is 0 Å². The SMILES string of the molecule is C=Cc1ccc(C(=O)c2cccc(OC)c2[SiH](C)C)cc1. The highest BCUT2D eigenvalue weighted by Gasteiger charge is 2.19. The van der Waals surface area contributed by atoms with E-state index in [2.05, 4.69) is 19.7 Å². The van der Waals surface area contributed by atoms with Crippen LogP contribution in [0.3, 0.4) is 0 Å². The number of methoxy groups -OCH3 is 1. The van der Waals surface area contributed by atoms with Gasteiger partial charge in [0.05, 0.1) is 15.9 Å². The van der Waals surface area contributed by atoms with E-state index >= 15 is 0 Å². The number of ether oxygens (including phenoxy) is 1. The van der Waals surface area contributed by atoms with Gasteiger partial charge in [-0.05, 0) is 16.8 Å². The Labute approximate surface area is 127 Å². The minimum Gasteiger partial charge on any atom is -0.497 e. The maximum absolute atomic E-state index is 12.8. The summed E-state index contributed by atoms with van der Waals surface area (Å²) in [6, 6.07) is 13.2. The van der Waals surface area contributed by atoms with E-state index in [-0.39, 0.29) is 5.78 Å². The topological polar surface area (TPSA) is 26.3 Å². The maximum atomic E-state index is 12.8. The molecule has 0 radical (unpaired) electrons. The largest absolute Gasteiger partial charge is 0.497 e. The van der Waals surface area contributed by atoms with E-state index in [1.165, 1.54) is 0 Å². The molecule has 21 heavy (non-hydrogen) atoms. The van der Waals surface area contributed by atoms with E-state index in [4.69, 9.17) is 4.74 Å². The van der Waals surface area contributed by atoms with E-state index in [1.807, 2.05) is 42.5 Å². The average Bonchev–Trinajstić information content (AvgIpc) is 2.53. The van der Waals surface area contributed by atoms with E-state index in [0.29, 0.717) is 5.56 Å². The van der Waals surface area contributed by atoms with Crippen molar-refractivity contribution in [3.05, 3.63) is 65.7 Å². The fraction of sp³-hybridized carbons (Fsp3) is 0.167. The van der Waals surface area contributed by atoms with E-state index in [0.717, 1.165) is 22.1 Å². The van der Waals surface area contributed by atoms with Gasteiger partial charge in [-0.15, -0.1) is 0 Å². The van der Waals surface area contributed by atoms with Gasteiger partial charge in [0.1, 0.15) is 5.75 Å². The van der Waals surface area contributed by atoms with Crippen molar-refractivity contribution in [3.63, 3.8) is 0 Å². The molecule has 0 aromatic heterocycles. The molecular formula is C18H20O2Si. The average molecular weight is 296 g/mol. The van der Waals surface area contributed by atoms with Crippen molar-refractivity contribution in [2.75, 3.05) is 7.11 Å². The molecule has 0 spiro atoms. The molecule has 0 unspecified atom stereocenters. The molecule has 0 aliphatic heterocycles. The molecule has 0 N–H and O–H groups in total. The number of ketones is 1. The molecule has 0 saturated heterocycles. The molecule has 0 atom stereocenters. The van der Waals surface area contributed by atoms with Crippen LogP contribution in [-0.4, -0.2) is 21.7 Å². The van der Waals surface area contributed by atoms with Gasteiger partial charge >= 0.3 is 0 Å². The molecule has 108 valence electrons. The molecule has 0 heterocycles. The van der Waals surface area contributed by atoms with Crippen LogP contribution in [0.2, 0.25) is 13.1 Å². The van der Waals surface area contributed by atoms with Gasteiger partial charge in [-0.3, -0.25) is 4.79 Å². The minimum absolute atomic E-state index is 0.0562. The lowest BCUT2D eigenvalue weighted by Gasteiger charge is -2.15.